The van der Waals surface area contributed by atoms with Crippen LogP contribution in [0.15, 0.2) is 0 Å². The second-order valence-electron chi connectivity index (χ2n) is 1.33. The molecule has 0 amide bonds. The number of hydrogen-bond donors (Lipinski definition) is 0. The van der Waals surface area contributed by atoms with Crippen LogP contribution in [-0.4, -0.2) is 16.9 Å². The Bertz CT molecular complexity index is 64.6. The first kappa shape index (κ1) is 13.3. The predicted octanol–water partition coefficient (Wildman–Crippen LogP) is 3.60. The van der Waals surface area contributed by atoms with Gasteiger partial charge in [-0.25, -0.2) is 13.2 Å². The maximum atomic E-state index is 10.4. The van der Waals surface area contributed by atoms with Crippen molar-refractivity contribution < 1.29 is 13.2 Å². The average molecular weight is 217 g/mol. The van der Waals surface area contributed by atoms with E-state index in [2.05, 4.69) is 0 Å². The normalized spacial score (nSPS) is 10.8. The summed E-state index contributed by atoms with van der Waals surface area (Å²) in [5.74, 6) is 0. The van der Waals surface area contributed by atoms with Gasteiger partial charge >= 0.3 is 0 Å². The first-order valence-electron chi connectivity index (χ1n) is 2.18. The van der Waals surface area contributed by atoms with Crippen molar-refractivity contribution in [2.75, 3.05) is 6.67 Å². The van der Waals surface area contributed by atoms with Crippen molar-refractivity contribution >= 4 is 34.8 Å². The minimum Gasteiger partial charge on any atom is -0.245 e. The molecule has 64 valence electrons. The van der Waals surface area contributed by atoms with Gasteiger partial charge in [0.15, 0.2) is 10.5 Å². The van der Waals surface area contributed by atoms with E-state index in [9.17, 15) is 13.2 Å². The Morgan fingerprint density at radius 1 is 1.30 bits per heavy atom. The molecule has 0 saturated heterocycles. The zero-order valence-corrected chi connectivity index (χ0v) is 7.32. The van der Waals surface area contributed by atoms with Crippen molar-refractivity contribution in [1.82, 2.24) is 0 Å². The third kappa shape index (κ3) is 71.8. The highest BCUT2D eigenvalue weighted by molar-refractivity contribution is 6.67. The van der Waals surface area contributed by atoms with Crippen molar-refractivity contribution in [3.05, 3.63) is 0 Å². The van der Waals surface area contributed by atoms with E-state index in [1.54, 1.807) is 0 Å². The first-order valence-corrected chi connectivity index (χ1v) is 3.31. The summed E-state index contributed by atoms with van der Waals surface area (Å²) >= 11 is 15.2. The van der Waals surface area contributed by atoms with Crippen LogP contribution >= 0.6 is 34.8 Å². The van der Waals surface area contributed by atoms with Gasteiger partial charge in [-0.05, 0) is 6.92 Å². The molecule has 0 aliphatic rings. The highest BCUT2D eigenvalue weighted by Crippen LogP contribution is 2.23. The van der Waals surface area contributed by atoms with Gasteiger partial charge in [0.25, 0.3) is 6.43 Å². The molecule has 10 heavy (non-hydrogen) atoms. The van der Waals surface area contributed by atoms with E-state index in [0.29, 0.717) is 0 Å². The van der Waals surface area contributed by atoms with Crippen LogP contribution in [0, 0.1) is 0 Å². The summed E-state index contributed by atoms with van der Waals surface area (Å²) in [5.41, 5.74) is 0. The molecule has 0 fully saturated rings. The lowest BCUT2D eigenvalue weighted by atomic mass is 10.8. The summed E-state index contributed by atoms with van der Waals surface area (Å²) in [7, 11) is 0. The predicted molar refractivity (Wildman–Crippen MR) is 37.9 cm³/mol. The fraction of sp³-hybridized carbons (Fsp3) is 1.00. The maximum absolute atomic E-state index is 10.4. The Labute approximate surface area is 72.2 Å². The minimum atomic E-state index is -2.78. The number of halogens is 6. The topological polar surface area (TPSA) is 0 Å². The number of rotatable bonds is 1. The van der Waals surface area contributed by atoms with Crippen molar-refractivity contribution in [2.24, 2.45) is 0 Å². The highest BCUT2D eigenvalue weighted by atomic mass is 35.6. The molecule has 0 aromatic heterocycles. The van der Waals surface area contributed by atoms with Crippen molar-refractivity contribution in [3.8, 4) is 0 Å². The molecule has 0 aliphatic heterocycles. The lowest BCUT2D eigenvalue weighted by Gasteiger charge is -1.94. The van der Waals surface area contributed by atoms with Gasteiger partial charge in [0.1, 0.15) is 0 Å². The van der Waals surface area contributed by atoms with Crippen LogP contribution < -0.4 is 0 Å². The third-order valence-corrected chi connectivity index (χ3v) is 0.117. The van der Waals surface area contributed by atoms with E-state index in [-0.39, 0.29) is 0 Å². The Kier molecular flexibility index (Phi) is 8.46. The molecule has 0 aromatic rings. The number of alkyl halides is 6. The molecule has 0 N–H and O–H groups in total. The van der Waals surface area contributed by atoms with E-state index in [0.717, 1.165) is 0 Å². The van der Waals surface area contributed by atoms with E-state index in [1.807, 2.05) is 0 Å². The molecule has 0 saturated carbocycles. The highest BCUT2D eigenvalue weighted by Gasteiger charge is 2.07. The molecule has 0 aromatic carbocycles. The van der Waals surface area contributed by atoms with Crippen LogP contribution in [0.25, 0.3) is 0 Å². The van der Waals surface area contributed by atoms with Crippen LogP contribution in [0.4, 0.5) is 13.2 Å². The van der Waals surface area contributed by atoms with Crippen molar-refractivity contribution in [3.63, 3.8) is 0 Å². The zero-order chi connectivity index (χ0) is 8.78. The summed E-state index contributed by atoms with van der Waals surface area (Å²) < 4.78 is 30.1. The van der Waals surface area contributed by atoms with Gasteiger partial charge in [0.05, 0.1) is 0 Å². The molecule has 0 rings (SSSR count). The lowest BCUT2D eigenvalue weighted by Crippen LogP contribution is -1.88. The smallest absolute Gasteiger partial charge is 0.245 e. The molecular formula is C4H6Cl3F3. The maximum Gasteiger partial charge on any atom is 0.266 e. The van der Waals surface area contributed by atoms with Crippen molar-refractivity contribution in [1.29, 1.82) is 0 Å². The van der Waals surface area contributed by atoms with Gasteiger partial charge in [-0.3, -0.25) is 0 Å². The zero-order valence-electron chi connectivity index (χ0n) is 5.05. The fourth-order valence-electron chi connectivity index (χ4n) is 0. The van der Waals surface area contributed by atoms with Crippen LogP contribution in [0.5, 0.6) is 0 Å². The van der Waals surface area contributed by atoms with Gasteiger partial charge in [0.2, 0.25) is 0 Å². The summed E-state index contributed by atoms with van der Waals surface area (Å²) in [6, 6.07) is 0. The second-order valence-corrected chi connectivity index (χ2v) is 4.17. The first-order chi connectivity index (χ1) is 4.27. The van der Waals surface area contributed by atoms with Gasteiger partial charge in [-0.2, -0.15) is 0 Å². The van der Waals surface area contributed by atoms with Crippen LogP contribution in [0.1, 0.15) is 6.92 Å². The van der Waals surface area contributed by atoms with Gasteiger partial charge < -0.3 is 0 Å². The Morgan fingerprint density at radius 2 is 1.40 bits per heavy atom. The lowest BCUT2D eigenvalue weighted by molar-refractivity contribution is 0.113. The molecular weight excluding hydrogens is 211 g/mol. The monoisotopic (exact) mass is 216 g/mol. The molecule has 0 unspecified atom stereocenters. The van der Waals surface area contributed by atoms with Crippen LogP contribution in [0.2, 0.25) is 0 Å². The quantitative estimate of drug-likeness (QED) is 0.589. The Morgan fingerprint density at radius 3 is 1.40 bits per heavy atom. The Hall–Kier alpha value is 0.660. The summed E-state index contributed by atoms with van der Waals surface area (Å²) in [6.45, 7) is -0.0440. The molecule has 0 atom stereocenters. The molecule has 0 bridgehead atoms. The van der Waals surface area contributed by atoms with Gasteiger partial charge in [-0.1, -0.05) is 34.8 Å². The molecule has 0 nitrogen and oxygen atoms in total. The molecule has 6 heteroatoms. The van der Waals surface area contributed by atoms with Gasteiger partial charge in [0, 0.05) is 0 Å². The van der Waals surface area contributed by atoms with Crippen LogP contribution in [0.3, 0.4) is 0 Å². The average Bonchev–Trinajstić information content (AvgIpc) is 1.61. The second kappa shape index (κ2) is 6.38. The van der Waals surface area contributed by atoms with Crippen molar-refractivity contribution in [2.45, 2.75) is 17.1 Å². The van der Waals surface area contributed by atoms with E-state index in [4.69, 9.17) is 34.8 Å². The molecule has 0 aliphatic carbocycles. The Balaban J connectivity index is 0. The molecule has 0 radical (unpaired) electrons. The summed E-state index contributed by atoms with van der Waals surface area (Å²) in [5, 5.41) is 0. The van der Waals surface area contributed by atoms with E-state index < -0.39 is 16.9 Å². The third-order valence-electron chi connectivity index (χ3n) is 0.117. The van der Waals surface area contributed by atoms with Crippen LogP contribution in [-0.2, 0) is 0 Å². The van der Waals surface area contributed by atoms with E-state index in [1.165, 1.54) is 6.92 Å². The fourth-order valence-corrected chi connectivity index (χ4v) is 0. The largest absolute Gasteiger partial charge is 0.266 e. The standard InChI is InChI=1S/C2H3Cl3.C2H3F3/c1-2(3,4)5;3-1-2(4)5/h1H3;2H,1H2. The summed E-state index contributed by atoms with van der Waals surface area (Å²) in [4.78, 5) is 0. The summed E-state index contributed by atoms with van der Waals surface area (Å²) in [6.07, 6.45) is -2.78. The van der Waals surface area contributed by atoms with E-state index >= 15 is 0 Å². The number of hydrogen-bond acceptors (Lipinski definition) is 0. The molecule has 0 spiro atoms. The SMILES string of the molecule is CC(Cl)(Cl)Cl.FCC(F)F. The molecule has 0 heterocycles. The minimum absolute atomic E-state index is 1.08. The van der Waals surface area contributed by atoms with Gasteiger partial charge in [-0.15, -0.1) is 0 Å².